The Bertz CT molecular complexity index is 1410. The van der Waals surface area contributed by atoms with Crippen LogP contribution < -0.4 is 21.7 Å². The molecule has 0 saturated carbocycles. The molecule has 246 valence electrons. The zero-order valence-electron chi connectivity index (χ0n) is 26.5. The van der Waals surface area contributed by atoms with Crippen molar-refractivity contribution in [2.45, 2.75) is 77.6 Å². The Labute approximate surface area is 269 Å². The Morgan fingerprint density at radius 3 is 2.07 bits per heavy atom. The number of imide groups is 1. The first-order valence-electron chi connectivity index (χ1n) is 15.4. The van der Waals surface area contributed by atoms with Crippen LogP contribution in [0.2, 0.25) is 0 Å². The highest BCUT2D eigenvalue weighted by atomic mass is 16.5. The number of alkyl carbamates (subject to hydrolysis) is 1. The van der Waals surface area contributed by atoms with Gasteiger partial charge in [0.25, 0.3) is 5.91 Å². The second-order valence-corrected chi connectivity index (χ2v) is 11.7. The van der Waals surface area contributed by atoms with Gasteiger partial charge in [-0.05, 0) is 36.3 Å². The third-order valence-electron chi connectivity index (χ3n) is 7.38. The molecule has 0 spiro atoms. The number of likely N-dealkylation sites (tertiary alicyclic amines) is 1. The molecule has 0 aliphatic carbocycles. The summed E-state index contributed by atoms with van der Waals surface area (Å²) in [7, 11) is 0. The molecule has 0 unspecified atom stereocenters. The number of hydrogen-bond acceptors (Lipinski definition) is 7. The number of amides is 6. The van der Waals surface area contributed by atoms with Gasteiger partial charge in [-0.25, -0.2) is 4.79 Å². The molecule has 3 atom stereocenters. The molecular formula is C34H43N5O7. The average Bonchev–Trinajstić information content (AvgIpc) is 3.38. The fourth-order valence-electron chi connectivity index (χ4n) is 5.03. The van der Waals surface area contributed by atoms with Gasteiger partial charge in [-0.3, -0.25) is 28.9 Å². The van der Waals surface area contributed by atoms with Crippen LogP contribution in [0.15, 0.2) is 72.3 Å². The molecular weight excluding hydrogens is 590 g/mol. The van der Waals surface area contributed by atoms with Crippen LogP contribution in [0.5, 0.6) is 0 Å². The number of carbonyl (C=O) groups excluding carboxylic acids is 6. The summed E-state index contributed by atoms with van der Waals surface area (Å²) < 4.78 is 5.33. The van der Waals surface area contributed by atoms with Crippen LogP contribution in [-0.2, 0) is 41.7 Å². The summed E-state index contributed by atoms with van der Waals surface area (Å²) in [5.41, 5.74) is 7.27. The Balaban J connectivity index is 1.79. The third-order valence-corrected chi connectivity index (χ3v) is 7.38. The molecule has 1 saturated heterocycles. The minimum absolute atomic E-state index is 0.0231. The molecule has 0 aromatic heterocycles. The molecule has 1 heterocycles. The van der Waals surface area contributed by atoms with E-state index in [0.29, 0.717) is 12.0 Å². The van der Waals surface area contributed by atoms with Crippen LogP contribution in [0, 0.1) is 5.92 Å². The SMILES string of the molecule is CC(=O)N1CC/C(=C\[C@H](CCC(N)=O)NC(=O)[C@H](Cc2ccccc2)NC(=O)[C@H](CC(C)C)NC(=O)OCc2ccccc2)C1=O. The zero-order chi connectivity index (χ0) is 33.6. The second-order valence-electron chi connectivity index (χ2n) is 11.7. The number of hydrogen-bond donors (Lipinski definition) is 4. The number of nitrogens with one attached hydrogen (secondary N) is 3. The van der Waals surface area contributed by atoms with E-state index in [1.807, 2.05) is 74.5 Å². The third kappa shape index (κ3) is 11.5. The molecule has 1 fully saturated rings. The topological polar surface area (TPSA) is 177 Å². The van der Waals surface area contributed by atoms with Crippen LogP contribution in [0.3, 0.4) is 0 Å². The van der Waals surface area contributed by atoms with E-state index in [9.17, 15) is 28.8 Å². The largest absolute Gasteiger partial charge is 0.445 e. The van der Waals surface area contributed by atoms with Crippen molar-refractivity contribution in [1.29, 1.82) is 0 Å². The van der Waals surface area contributed by atoms with E-state index in [2.05, 4.69) is 16.0 Å². The van der Waals surface area contributed by atoms with Crippen LogP contribution in [0.4, 0.5) is 4.79 Å². The smallest absolute Gasteiger partial charge is 0.408 e. The highest BCUT2D eigenvalue weighted by Crippen LogP contribution is 2.19. The van der Waals surface area contributed by atoms with Gasteiger partial charge in [0.05, 0.1) is 0 Å². The molecule has 2 aromatic rings. The standard InChI is InChI=1S/C34H43N5O7/c1-22(2)18-28(38-34(45)46-21-25-12-8-5-9-13-25)32(43)37-29(19-24-10-6-4-7-11-24)31(42)36-27(14-15-30(35)41)20-26-16-17-39(23(3)40)33(26)44/h4-13,20,22,27-29H,14-19,21H2,1-3H3,(H2,35,41)(H,36,42)(H,37,43)(H,38,45)/b26-20+/t27-,28-,29-/m0/s1. The molecule has 46 heavy (non-hydrogen) atoms. The van der Waals surface area contributed by atoms with Gasteiger partial charge in [0.15, 0.2) is 0 Å². The molecule has 1 aliphatic heterocycles. The van der Waals surface area contributed by atoms with Crippen LogP contribution >= 0.6 is 0 Å². The highest BCUT2D eigenvalue weighted by molar-refractivity contribution is 6.05. The van der Waals surface area contributed by atoms with E-state index in [0.717, 1.165) is 16.0 Å². The fourth-order valence-corrected chi connectivity index (χ4v) is 5.03. The Morgan fingerprint density at radius 1 is 0.891 bits per heavy atom. The van der Waals surface area contributed by atoms with Gasteiger partial charge in [-0.1, -0.05) is 80.6 Å². The lowest BCUT2D eigenvalue weighted by molar-refractivity contribution is -0.139. The predicted octanol–water partition coefficient (Wildman–Crippen LogP) is 2.51. The van der Waals surface area contributed by atoms with Gasteiger partial charge in [0, 0.05) is 37.9 Å². The van der Waals surface area contributed by atoms with Crippen LogP contribution in [-0.4, -0.2) is 65.2 Å². The van der Waals surface area contributed by atoms with Crippen molar-refractivity contribution in [2.24, 2.45) is 11.7 Å². The van der Waals surface area contributed by atoms with Crippen molar-refractivity contribution in [3.63, 3.8) is 0 Å². The van der Waals surface area contributed by atoms with Crippen molar-refractivity contribution >= 4 is 35.6 Å². The molecule has 12 heteroatoms. The summed E-state index contributed by atoms with van der Waals surface area (Å²) in [5, 5.41) is 8.27. The Kier molecular flexibility index (Phi) is 13.5. The van der Waals surface area contributed by atoms with E-state index < -0.39 is 47.8 Å². The lowest BCUT2D eigenvalue weighted by Gasteiger charge is -2.25. The summed E-state index contributed by atoms with van der Waals surface area (Å²) in [5.74, 6) is -2.54. The Morgan fingerprint density at radius 2 is 1.50 bits per heavy atom. The molecule has 2 aromatic carbocycles. The number of benzene rings is 2. The number of nitrogens with two attached hydrogens (primary N) is 1. The van der Waals surface area contributed by atoms with Crippen molar-refractivity contribution in [2.75, 3.05) is 6.54 Å². The highest BCUT2D eigenvalue weighted by Gasteiger charge is 2.32. The van der Waals surface area contributed by atoms with Gasteiger partial charge >= 0.3 is 6.09 Å². The first kappa shape index (κ1) is 35.5. The predicted molar refractivity (Wildman–Crippen MR) is 171 cm³/mol. The van der Waals surface area contributed by atoms with Gasteiger partial charge in [0.1, 0.15) is 18.7 Å². The van der Waals surface area contributed by atoms with E-state index in [1.54, 1.807) is 6.08 Å². The first-order chi connectivity index (χ1) is 21.9. The van der Waals surface area contributed by atoms with E-state index in [-0.39, 0.29) is 50.7 Å². The van der Waals surface area contributed by atoms with Crippen LogP contribution in [0.1, 0.15) is 57.6 Å². The summed E-state index contributed by atoms with van der Waals surface area (Å²) in [4.78, 5) is 77.3. The molecule has 0 bridgehead atoms. The van der Waals surface area contributed by atoms with Gasteiger partial charge in [-0.2, -0.15) is 0 Å². The number of primary amides is 1. The molecule has 12 nitrogen and oxygen atoms in total. The minimum atomic E-state index is -1.07. The molecule has 3 rings (SSSR count). The molecule has 1 aliphatic rings. The maximum Gasteiger partial charge on any atom is 0.408 e. The summed E-state index contributed by atoms with van der Waals surface area (Å²) in [6.45, 7) is 5.35. The van der Waals surface area contributed by atoms with Gasteiger partial charge in [-0.15, -0.1) is 0 Å². The average molecular weight is 634 g/mol. The summed E-state index contributed by atoms with van der Waals surface area (Å²) in [6.07, 6.45) is 1.52. The lowest BCUT2D eigenvalue weighted by Crippen LogP contribution is -2.55. The normalized spacial score (nSPS) is 15.6. The Hall–Kier alpha value is -5.00. The lowest BCUT2D eigenvalue weighted by atomic mass is 10.0. The molecule has 5 N–H and O–H groups in total. The molecule has 0 radical (unpaired) electrons. The van der Waals surface area contributed by atoms with Crippen molar-refractivity contribution in [3.05, 3.63) is 83.4 Å². The monoisotopic (exact) mass is 633 g/mol. The number of ether oxygens (including phenoxy) is 1. The van der Waals surface area contributed by atoms with Gasteiger partial charge in [0.2, 0.25) is 23.6 Å². The first-order valence-corrected chi connectivity index (χ1v) is 15.4. The molecule has 6 amide bonds. The fraction of sp³-hybridized carbons (Fsp3) is 0.412. The number of carbonyl (C=O) groups is 6. The van der Waals surface area contributed by atoms with E-state index >= 15 is 0 Å². The number of nitrogens with zero attached hydrogens (tertiary/aromatic N) is 1. The quantitative estimate of drug-likeness (QED) is 0.218. The second kappa shape index (κ2) is 17.5. The maximum atomic E-state index is 13.8. The number of rotatable bonds is 15. The van der Waals surface area contributed by atoms with Crippen molar-refractivity contribution < 1.29 is 33.5 Å². The van der Waals surface area contributed by atoms with Crippen molar-refractivity contribution in [3.8, 4) is 0 Å². The summed E-state index contributed by atoms with van der Waals surface area (Å²) in [6, 6.07) is 15.4. The minimum Gasteiger partial charge on any atom is -0.445 e. The zero-order valence-corrected chi connectivity index (χ0v) is 26.5. The van der Waals surface area contributed by atoms with Crippen LogP contribution in [0.25, 0.3) is 0 Å². The van der Waals surface area contributed by atoms with Crippen molar-refractivity contribution in [1.82, 2.24) is 20.9 Å². The van der Waals surface area contributed by atoms with Gasteiger partial charge < -0.3 is 26.4 Å². The maximum absolute atomic E-state index is 13.8. The van der Waals surface area contributed by atoms with E-state index in [1.165, 1.54) is 6.92 Å². The summed E-state index contributed by atoms with van der Waals surface area (Å²) >= 11 is 0. The van der Waals surface area contributed by atoms with E-state index in [4.69, 9.17) is 10.5 Å².